The fourth-order valence-corrected chi connectivity index (χ4v) is 3.16. The molecule has 128 valence electrons. The van der Waals surface area contributed by atoms with E-state index < -0.39 is 5.97 Å². The molecule has 0 atom stereocenters. The molecule has 0 unspecified atom stereocenters. The summed E-state index contributed by atoms with van der Waals surface area (Å²) in [6.45, 7) is 7.56. The molecular weight excluding hydrogens is 316 g/mol. The van der Waals surface area contributed by atoms with Crippen molar-refractivity contribution in [1.82, 2.24) is 9.78 Å². The standard InChI is InChI=1S/C20H20N2O3/c1-5-25-20(24)17-12(2)11-16-14(4)21-22(15-9-7-6-8-10-15)19(23)18(16)13(17)3/h6-11H,5H2,1-4H3. The first-order valence-corrected chi connectivity index (χ1v) is 8.22. The number of aromatic nitrogens is 2. The van der Waals surface area contributed by atoms with E-state index in [2.05, 4.69) is 5.10 Å². The minimum absolute atomic E-state index is 0.241. The Balaban J connectivity index is 2.38. The molecule has 0 aliphatic rings. The highest BCUT2D eigenvalue weighted by Gasteiger charge is 2.20. The van der Waals surface area contributed by atoms with Gasteiger partial charge >= 0.3 is 5.97 Å². The third kappa shape index (κ3) is 2.82. The Morgan fingerprint density at radius 2 is 1.84 bits per heavy atom. The van der Waals surface area contributed by atoms with Crippen molar-refractivity contribution in [2.45, 2.75) is 27.7 Å². The lowest BCUT2D eigenvalue weighted by Gasteiger charge is -2.15. The number of para-hydroxylation sites is 1. The molecule has 0 amide bonds. The van der Waals surface area contributed by atoms with Crippen LogP contribution < -0.4 is 5.56 Å². The molecule has 0 radical (unpaired) electrons. The maximum Gasteiger partial charge on any atom is 0.338 e. The lowest BCUT2D eigenvalue weighted by atomic mass is 9.96. The molecule has 0 spiro atoms. The minimum Gasteiger partial charge on any atom is -0.462 e. The molecular formula is C20H20N2O3. The number of fused-ring (bicyclic) bond motifs is 1. The van der Waals surface area contributed by atoms with Crippen molar-refractivity contribution < 1.29 is 9.53 Å². The number of carbonyl (C=O) groups excluding carboxylic acids is 1. The van der Waals surface area contributed by atoms with Gasteiger partial charge in [-0.3, -0.25) is 4.79 Å². The number of rotatable bonds is 3. The van der Waals surface area contributed by atoms with Gasteiger partial charge in [0.15, 0.2) is 0 Å². The van der Waals surface area contributed by atoms with E-state index in [1.54, 1.807) is 13.8 Å². The maximum atomic E-state index is 13.1. The lowest BCUT2D eigenvalue weighted by Crippen LogP contribution is -2.24. The maximum absolute atomic E-state index is 13.1. The average Bonchev–Trinajstić information content (AvgIpc) is 2.58. The number of esters is 1. The number of benzene rings is 2. The summed E-state index contributed by atoms with van der Waals surface area (Å²) < 4.78 is 6.54. The molecule has 0 bridgehead atoms. The van der Waals surface area contributed by atoms with Gasteiger partial charge in [-0.05, 0) is 57.0 Å². The van der Waals surface area contributed by atoms with E-state index >= 15 is 0 Å². The smallest absolute Gasteiger partial charge is 0.338 e. The van der Waals surface area contributed by atoms with Crippen molar-refractivity contribution in [2.24, 2.45) is 0 Å². The van der Waals surface area contributed by atoms with Crippen LogP contribution in [0.15, 0.2) is 41.2 Å². The van der Waals surface area contributed by atoms with Gasteiger partial charge in [0.05, 0.1) is 28.9 Å². The zero-order chi connectivity index (χ0) is 18.1. The van der Waals surface area contributed by atoms with Crippen LogP contribution in [0.4, 0.5) is 0 Å². The Kier molecular flexibility index (Phi) is 4.40. The van der Waals surface area contributed by atoms with E-state index in [0.717, 1.165) is 16.6 Å². The molecule has 2 aromatic carbocycles. The molecule has 25 heavy (non-hydrogen) atoms. The van der Waals surface area contributed by atoms with Crippen molar-refractivity contribution in [1.29, 1.82) is 0 Å². The van der Waals surface area contributed by atoms with Crippen LogP contribution in [0.2, 0.25) is 0 Å². The number of ether oxygens (including phenoxy) is 1. The van der Waals surface area contributed by atoms with Crippen LogP contribution in [0, 0.1) is 20.8 Å². The average molecular weight is 336 g/mol. The summed E-state index contributed by atoms with van der Waals surface area (Å²) in [6, 6.07) is 11.1. The van der Waals surface area contributed by atoms with Gasteiger partial charge in [-0.2, -0.15) is 9.78 Å². The van der Waals surface area contributed by atoms with Gasteiger partial charge < -0.3 is 4.74 Å². The van der Waals surface area contributed by atoms with E-state index in [1.165, 1.54) is 4.68 Å². The number of carbonyl (C=O) groups is 1. The first-order valence-electron chi connectivity index (χ1n) is 8.22. The van der Waals surface area contributed by atoms with E-state index in [4.69, 9.17) is 4.74 Å². The van der Waals surface area contributed by atoms with Gasteiger partial charge in [0.2, 0.25) is 0 Å². The Hall–Kier alpha value is -2.95. The van der Waals surface area contributed by atoms with Crippen LogP contribution in [0.25, 0.3) is 16.5 Å². The molecule has 5 nitrogen and oxygen atoms in total. The molecule has 3 aromatic rings. The minimum atomic E-state index is -0.403. The predicted molar refractivity (Wildman–Crippen MR) is 97.5 cm³/mol. The number of hydrogen-bond donors (Lipinski definition) is 0. The monoisotopic (exact) mass is 336 g/mol. The first-order chi connectivity index (χ1) is 12.0. The van der Waals surface area contributed by atoms with Crippen LogP contribution >= 0.6 is 0 Å². The van der Waals surface area contributed by atoms with Crippen molar-refractivity contribution in [3.8, 4) is 5.69 Å². The summed E-state index contributed by atoms with van der Waals surface area (Å²) in [4.78, 5) is 25.4. The fraction of sp³-hybridized carbons (Fsp3) is 0.250. The lowest BCUT2D eigenvalue weighted by molar-refractivity contribution is 0.0525. The molecule has 0 fully saturated rings. The van der Waals surface area contributed by atoms with E-state index in [-0.39, 0.29) is 5.56 Å². The number of aryl methyl sites for hydroxylation is 3. The van der Waals surface area contributed by atoms with Gasteiger partial charge in [0.1, 0.15) is 0 Å². The zero-order valence-corrected chi connectivity index (χ0v) is 14.8. The summed E-state index contributed by atoms with van der Waals surface area (Å²) in [5, 5.41) is 5.72. The Labute approximate surface area is 145 Å². The summed E-state index contributed by atoms with van der Waals surface area (Å²) in [7, 11) is 0. The van der Waals surface area contributed by atoms with Gasteiger partial charge in [0, 0.05) is 5.39 Å². The third-order valence-corrected chi connectivity index (χ3v) is 4.30. The topological polar surface area (TPSA) is 61.2 Å². The zero-order valence-electron chi connectivity index (χ0n) is 14.8. The van der Waals surface area contributed by atoms with Crippen LogP contribution in [0.5, 0.6) is 0 Å². The van der Waals surface area contributed by atoms with Gasteiger partial charge in [-0.1, -0.05) is 18.2 Å². The van der Waals surface area contributed by atoms with E-state index in [1.807, 2.05) is 50.2 Å². The quantitative estimate of drug-likeness (QED) is 0.687. The van der Waals surface area contributed by atoms with E-state index in [9.17, 15) is 9.59 Å². The highest BCUT2D eigenvalue weighted by atomic mass is 16.5. The molecule has 1 heterocycles. The fourth-order valence-electron chi connectivity index (χ4n) is 3.16. The van der Waals surface area contributed by atoms with Crippen molar-refractivity contribution in [3.05, 3.63) is 69.1 Å². The molecule has 3 rings (SSSR count). The molecule has 0 saturated heterocycles. The highest BCUT2D eigenvalue weighted by molar-refractivity contribution is 6.00. The largest absolute Gasteiger partial charge is 0.462 e. The van der Waals surface area contributed by atoms with Gasteiger partial charge in [-0.15, -0.1) is 0 Å². The van der Waals surface area contributed by atoms with Crippen LogP contribution in [0.1, 0.15) is 34.1 Å². The Morgan fingerprint density at radius 3 is 2.48 bits per heavy atom. The summed E-state index contributed by atoms with van der Waals surface area (Å²) in [6.07, 6.45) is 0. The third-order valence-electron chi connectivity index (χ3n) is 4.30. The Morgan fingerprint density at radius 1 is 1.16 bits per heavy atom. The molecule has 0 N–H and O–H groups in total. The normalized spacial score (nSPS) is 10.9. The number of nitrogens with zero attached hydrogens (tertiary/aromatic N) is 2. The predicted octanol–water partition coefficient (Wildman–Crippen LogP) is 3.49. The number of hydrogen-bond acceptors (Lipinski definition) is 4. The highest BCUT2D eigenvalue weighted by Crippen LogP contribution is 2.25. The second kappa shape index (κ2) is 6.51. The SMILES string of the molecule is CCOC(=O)c1c(C)cc2c(C)nn(-c3ccccc3)c(=O)c2c1C. The van der Waals surface area contributed by atoms with Crippen LogP contribution in [0.3, 0.4) is 0 Å². The van der Waals surface area contributed by atoms with Gasteiger partial charge in [-0.25, -0.2) is 4.79 Å². The van der Waals surface area contributed by atoms with Gasteiger partial charge in [0.25, 0.3) is 5.56 Å². The van der Waals surface area contributed by atoms with Crippen LogP contribution in [-0.2, 0) is 4.74 Å². The molecule has 0 aliphatic carbocycles. The molecule has 5 heteroatoms. The second-order valence-corrected chi connectivity index (χ2v) is 5.97. The molecule has 0 aliphatic heterocycles. The first kappa shape index (κ1) is 16.9. The Bertz CT molecular complexity index is 1020. The van der Waals surface area contributed by atoms with E-state index in [0.29, 0.717) is 28.8 Å². The summed E-state index contributed by atoms with van der Waals surface area (Å²) in [5.74, 6) is -0.403. The van der Waals surface area contributed by atoms with Crippen LogP contribution in [-0.4, -0.2) is 22.4 Å². The van der Waals surface area contributed by atoms with Crippen molar-refractivity contribution in [2.75, 3.05) is 6.61 Å². The summed E-state index contributed by atoms with van der Waals surface area (Å²) in [5.41, 5.74) is 3.06. The summed E-state index contributed by atoms with van der Waals surface area (Å²) >= 11 is 0. The second-order valence-electron chi connectivity index (χ2n) is 5.97. The molecule has 1 aromatic heterocycles. The van der Waals surface area contributed by atoms with Crippen molar-refractivity contribution in [3.63, 3.8) is 0 Å². The van der Waals surface area contributed by atoms with Crippen molar-refractivity contribution >= 4 is 16.7 Å². The molecule has 0 saturated carbocycles.